The highest BCUT2D eigenvalue weighted by atomic mass is 16.5. The summed E-state index contributed by atoms with van der Waals surface area (Å²) >= 11 is 0. The second-order valence-electron chi connectivity index (χ2n) is 4.47. The Balaban J connectivity index is 4.34. The van der Waals surface area contributed by atoms with Crippen molar-refractivity contribution in [3.8, 4) is 0 Å². The number of nitrogens with one attached hydrogen (secondary N) is 1. The zero-order valence-electron chi connectivity index (χ0n) is 11.0. The number of aliphatic carboxylic acids is 1. The minimum atomic E-state index is -1.29. The molecule has 0 spiro atoms. The molecule has 0 aromatic carbocycles. The summed E-state index contributed by atoms with van der Waals surface area (Å²) in [4.78, 5) is 33.4. The van der Waals surface area contributed by atoms with Gasteiger partial charge in [-0.15, -0.1) is 0 Å². The number of aliphatic hydroxyl groups is 1. The number of carboxylic acid groups (broad SMARTS) is 1. The highest BCUT2D eigenvalue weighted by Gasteiger charge is 2.25. The van der Waals surface area contributed by atoms with E-state index in [2.05, 4.69) is 5.32 Å². The Morgan fingerprint density at radius 1 is 1.32 bits per heavy atom. The second kappa shape index (κ2) is 8.44. The number of carbonyl (C=O) groups excluding carboxylic acids is 2. The highest BCUT2D eigenvalue weighted by Crippen LogP contribution is 1.97. The zero-order valence-corrected chi connectivity index (χ0v) is 11.0. The van der Waals surface area contributed by atoms with Gasteiger partial charge in [0.1, 0.15) is 0 Å². The molecule has 0 aliphatic carbocycles. The van der Waals surface area contributed by atoms with Crippen LogP contribution in [0.1, 0.15) is 20.3 Å². The first-order valence-corrected chi connectivity index (χ1v) is 5.83. The SMILES string of the molecule is CC(C)COC(=O)[C@H](CO)NC(=O)[C@H](N)CC(=O)O. The Bertz CT molecular complexity index is 331. The predicted octanol–water partition coefficient (Wildman–Crippen LogP) is -1.54. The molecule has 0 saturated carbocycles. The molecule has 0 fully saturated rings. The van der Waals surface area contributed by atoms with Crippen molar-refractivity contribution in [1.82, 2.24) is 5.32 Å². The monoisotopic (exact) mass is 276 g/mol. The van der Waals surface area contributed by atoms with Crippen LogP contribution in [-0.2, 0) is 19.1 Å². The number of carboxylic acids is 1. The minimum absolute atomic E-state index is 0.119. The summed E-state index contributed by atoms with van der Waals surface area (Å²) in [6, 6.07) is -2.53. The number of carbonyl (C=O) groups is 3. The number of ether oxygens (including phenoxy) is 1. The molecule has 2 atom stereocenters. The molecule has 19 heavy (non-hydrogen) atoms. The van der Waals surface area contributed by atoms with Gasteiger partial charge in [-0.2, -0.15) is 0 Å². The fourth-order valence-electron chi connectivity index (χ4n) is 1.09. The maximum atomic E-state index is 11.5. The number of nitrogens with two attached hydrogens (primary N) is 1. The Labute approximate surface area is 110 Å². The van der Waals surface area contributed by atoms with Gasteiger partial charge >= 0.3 is 11.9 Å². The Morgan fingerprint density at radius 2 is 1.89 bits per heavy atom. The lowest BCUT2D eigenvalue weighted by molar-refractivity contribution is -0.150. The smallest absolute Gasteiger partial charge is 0.331 e. The maximum absolute atomic E-state index is 11.5. The Hall–Kier alpha value is -1.67. The largest absolute Gasteiger partial charge is 0.481 e. The first-order valence-electron chi connectivity index (χ1n) is 5.83. The van der Waals surface area contributed by atoms with Gasteiger partial charge in [-0.25, -0.2) is 4.79 Å². The van der Waals surface area contributed by atoms with Gasteiger partial charge in [0.15, 0.2) is 6.04 Å². The first kappa shape index (κ1) is 17.3. The molecular weight excluding hydrogens is 256 g/mol. The maximum Gasteiger partial charge on any atom is 0.331 e. The van der Waals surface area contributed by atoms with E-state index in [9.17, 15) is 14.4 Å². The average Bonchev–Trinajstić information content (AvgIpc) is 2.31. The quantitative estimate of drug-likeness (QED) is 0.394. The first-order chi connectivity index (χ1) is 8.77. The van der Waals surface area contributed by atoms with E-state index in [-0.39, 0.29) is 12.5 Å². The summed E-state index contributed by atoms with van der Waals surface area (Å²) in [6.07, 6.45) is -0.564. The van der Waals surface area contributed by atoms with Crippen molar-refractivity contribution in [3.05, 3.63) is 0 Å². The van der Waals surface area contributed by atoms with E-state index >= 15 is 0 Å². The lowest BCUT2D eigenvalue weighted by atomic mass is 10.2. The van der Waals surface area contributed by atoms with Crippen LogP contribution in [0.4, 0.5) is 0 Å². The van der Waals surface area contributed by atoms with Crippen LogP contribution in [0, 0.1) is 5.92 Å². The molecule has 0 aromatic rings. The van der Waals surface area contributed by atoms with Crippen LogP contribution in [0.3, 0.4) is 0 Å². The zero-order chi connectivity index (χ0) is 15.0. The number of hydrogen-bond acceptors (Lipinski definition) is 6. The van der Waals surface area contributed by atoms with Gasteiger partial charge in [-0.05, 0) is 5.92 Å². The van der Waals surface area contributed by atoms with Gasteiger partial charge in [-0.1, -0.05) is 13.8 Å². The van der Waals surface area contributed by atoms with Crippen molar-refractivity contribution in [2.75, 3.05) is 13.2 Å². The molecule has 5 N–H and O–H groups in total. The fraction of sp³-hybridized carbons (Fsp3) is 0.727. The summed E-state index contributed by atoms with van der Waals surface area (Å²) in [6.45, 7) is 3.18. The van der Waals surface area contributed by atoms with Gasteiger partial charge in [0.2, 0.25) is 5.91 Å². The molecule has 0 unspecified atom stereocenters. The normalized spacial score (nSPS) is 13.7. The second-order valence-corrected chi connectivity index (χ2v) is 4.47. The van der Waals surface area contributed by atoms with E-state index in [0.29, 0.717) is 0 Å². The number of aliphatic hydroxyl groups excluding tert-OH is 1. The van der Waals surface area contributed by atoms with Crippen LogP contribution < -0.4 is 11.1 Å². The van der Waals surface area contributed by atoms with Crippen LogP contribution in [0.25, 0.3) is 0 Å². The van der Waals surface area contributed by atoms with Crippen molar-refractivity contribution >= 4 is 17.8 Å². The van der Waals surface area contributed by atoms with Crippen molar-refractivity contribution in [2.45, 2.75) is 32.4 Å². The van der Waals surface area contributed by atoms with E-state index < -0.39 is 43.0 Å². The summed E-state index contributed by atoms with van der Waals surface area (Å²) in [5, 5.41) is 19.6. The molecule has 0 aromatic heterocycles. The van der Waals surface area contributed by atoms with Crippen LogP contribution in [0.15, 0.2) is 0 Å². The van der Waals surface area contributed by atoms with Crippen LogP contribution in [-0.4, -0.2) is 53.4 Å². The third-order valence-corrected chi connectivity index (χ3v) is 2.07. The lowest BCUT2D eigenvalue weighted by Gasteiger charge is -2.18. The van der Waals surface area contributed by atoms with Gasteiger partial charge in [0.05, 0.1) is 25.7 Å². The topological polar surface area (TPSA) is 139 Å². The van der Waals surface area contributed by atoms with E-state index in [1.54, 1.807) is 0 Å². The summed E-state index contributed by atoms with van der Waals surface area (Å²) in [7, 11) is 0. The summed E-state index contributed by atoms with van der Waals surface area (Å²) in [5.41, 5.74) is 5.32. The molecule has 0 bridgehead atoms. The average molecular weight is 276 g/mol. The number of amides is 1. The molecule has 110 valence electrons. The molecule has 0 aliphatic heterocycles. The number of hydrogen-bond donors (Lipinski definition) is 4. The molecule has 0 saturated heterocycles. The van der Waals surface area contributed by atoms with Gasteiger partial charge < -0.3 is 26.0 Å². The van der Waals surface area contributed by atoms with Crippen LogP contribution in [0.2, 0.25) is 0 Å². The standard InChI is InChI=1S/C11H20N2O6/c1-6(2)5-19-11(18)8(4-14)13-10(17)7(12)3-9(15)16/h6-8,14H,3-5,12H2,1-2H3,(H,13,17)(H,15,16)/t7-,8+/m1/s1. The van der Waals surface area contributed by atoms with Crippen molar-refractivity contribution in [2.24, 2.45) is 11.7 Å². The van der Waals surface area contributed by atoms with E-state index in [4.69, 9.17) is 20.7 Å². The molecule has 0 aliphatic rings. The Morgan fingerprint density at radius 3 is 2.32 bits per heavy atom. The van der Waals surface area contributed by atoms with Crippen molar-refractivity contribution in [3.63, 3.8) is 0 Å². The summed E-state index contributed by atoms with van der Waals surface area (Å²) in [5.74, 6) is -2.73. The van der Waals surface area contributed by atoms with E-state index in [0.717, 1.165) is 0 Å². The van der Waals surface area contributed by atoms with Gasteiger partial charge in [0, 0.05) is 0 Å². The molecule has 8 nitrogen and oxygen atoms in total. The van der Waals surface area contributed by atoms with Gasteiger partial charge in [-0.3, -0.25) is 9.59 Å². The van der Waals surface area contributed by atoms with Crippen molar-refractivity contribution < 1.29 is 29.3 Å². The predicted molar refractivity (Wildman–Crippen MR) is 65.0 cm³/mol. The number of esters is 1. The molecule has 8 heteroatoms. The van der Waals surface area contributed by atoms with Crippen LogP contribution >= 0.6 is 0 Å². The summed E-state index contributed by atoms with van der Waals surface area (Å²) < 4.78 is 4.85. The third-order valence-electron chi connectivity index (χ3n) is 2.07. The molecule has 1 amide bonds. The molecule has 0 radical (unpaired) electrons. The van der Waals surface area contributed by atoms with E-state index in [1.807, 2.05) is 13.8 Å². The van der Waals surface area contributed by atoms with Gasteiger partial charge in [0.25, 0.3) is 0 Å². The fourth-order valence-corrected chi connectivity index (χ4v) is 1.09. The Kier molecular flexibility index (Phi) is 7.69. The third kappa shape index (κ3) is 7.37. The van der Waals surface area contributed by atoms with Crippen LogP contribution in [0.5, 0.6) is 0 Å². The molecule has 0 rings (SSSR count). The molecule has 0 heterocycles. The lowest BCUT2D eigenvalue weighted by Crippen LogP contribution is -2.51. The molecular formula is C11H20N2O6. The van der Waals surface area contributed by atoms with E-state index in [1.165, 1.54) is 0 Å². The number of rotatable bonds is 8. The highest BCUT2D eigenvalue weighted by molar-refractivity contribution is 5.89. The van der Waals surface area contributed by atoms with Crippen molar-refractivity contribution in [1.29, 1.82) is 0 Å². The minimum Gasteiger partial charge on any atom is -0.481 e.